The van der Waals surface area contributed by atoms with E-state index in [-0.39, 0.29) is 24.9 Å². The number of hydrogen-bond donors (Lipinski definition) is 1. The van der Waals surface area contributed by atoms with Crippen molar-refractivity contribution in [3.05, 3.63) is 0 Å². The van der Waals surface area contributed by atoms with Crippen LogP contribution in [0.2, 0.25) is 0 Å². The molecule has 2 amide bonds. The van der Waals surface area contributed by atoms with Crippen molar-refractivity contribution in [3.63, 3.8) is 0 Å². The Bertz CT molecular complexity index is 193. The summed E-state index contributed by atoms with van der Waals surface area (Å²) >= 11 is 0. The highest BCUT2D eigenvalue weighted by molar-refractivity contribution is 5.92. The maximum absolute atomic E-state index is 11.1. The fourth-order valence-electron chi connectivity index (χ4n) is 1.01. The Morgan fingerprint density at radius 3 is 3.00 bits per heavy atom. The van der Waals surface area contributed by atoms with E-state index in [0.717, 1.165) is 0 Å². The minimum Gasteiger partial charge on any atom is -0.383 e. The predicted molar refractivity (Wildman–Crippen MR) is 41.5 cm³/mol. The third-order valence-electron chi connectivity index (χ3n) is 1.69. The first kappa shape index (κ1) is 8.99. The number of piperazine rings is 1. The zero-order chi connectivity index (χ0) is 8.97. The first-order chi connectivity index (χ1) is 5.74. The molecule has 5 nitrogen and oxygen atoms in total. The van der Waals surface area contributed by atoms with Gasteiger partial charge in [0, 0.05) is 13.7 Å². The number of carbonyl (C=O) groups excluding carboxylic acids is 2. The molecule has 0 aliphatic carbocycles. The van der Waals surface area contributed by atoms with Gasteiger partial charge >= 0.3 is 0 Å². The molecule has 0 atom stereocenters. The monoisotopic (exact) mass is 172 g/mol. The molecule has 1 aliphatic heterocycles. The average Bonchev–Trinajstić information content (AvgIpc) is 2.07. The normalized spacial score (nSPS) is 17.9. The quantitative estimate of drug-likeness (QED) is 0.569. The Kier molecular flexibility index (Phi) is 3.04. The van der Waals surface area contributed by atoms with Gasteiger partial charge in [0.1, 0.15) is 0 Å². The number of nitrogens with one attached hydrogen (secondary N) is 1. The molecule has 0 aromatic heterocycles. The van der Waals surface area contributed by atoms with Crippen molar-refractivity contribution < 1.29 is 14.3 Å². The maximum atomic E-state index is 11.1. The lowest BCUT2D eigenvalue weighted by molar-refractivity contribution is -0.141. The SMILES string of the molecule is COCCN1CC(=O)NCC1=O. The van der Waals surface area contributed by atoms with E-state index in [1.165, 1.54) is 4.90 Å². The van der Waals surface area contributed by atoms with E-state index in [0.29, 0.717) is 13.2 Å². The van der Waals surface area contributed by atoms with Crippen molar-refractivity contribution in [1.82, 2.24) is 10.2 Å². The lowest BCUT2D eigenvalue weighted by atomic mass is 10.3. The molecule has 1 heterocycles. The zero-order valence-electron chi connectivity index (χ0n) is 7.00. The highest BCUT2D eigenvalue weighted by atomic mass is 16.5. The Morgan fingerprint density at radius 1 is 1.58 bits per heavy atom. The van der Waals surface area contributed by atoms with Crippen LogP contribution in [-0.2, 0) is 14.3 Å². The van der Waals surface area contributed by atoms with Crippen LogP contribution in [0.4, 0.5) is 0 Å². The van der Waals surface area contributed by atoms with Crippen LogP contribution in [0.25, 0.3) is 0 Å². The summed E-state index contributed by atoms with van der Waals surface area (Å²) in [6.45, 7) is 1.23. The van der Waals surface area contributed by atoms with Crippen molar-refractivity contribution in [3.8, 4) is 0 Å². The van der Waals surface area contributed by atoms with Crippen LogP contribution in [0.5, 0.6) is 0 Å². The van der Waals surface area contributed by atoms with Gasteiger partial charge in [-0.25, -0.2) is 0 Å². The minimum atomic E-state index is -0.106. The number of methoxy groups -OCH3 is 1. The van der Waals surface area contributed by atoms with Crippen molar-refractivity contribution in [2.75, 3.05) is 33.4 Å². The Hall–Kier alpha value is -1.10. The molecule has 68 valence electrons. The van der Waals surface area contributed by atoms with Gasteiger partial charge in [-0.05, 0) is 0 Å². The van der Waals surface area contributed by atoms with E-state index >= 15 is 0 Å². The average molecular weight is 172 g/mol. The van der Waals surface area contributed by atoms with Gasteiger partial charge in [0.25, 0.3) is 0 Å². The molecule has 0 saturated carbocycles. The van der Waals surface area contributed by atoms with E-state index in [2.05, 4.69) is 5.32 Å². The fraction of sp³-hybridized carbons (Fsp3) is 0.714. The van der Waals surface area contributed by atoms with Gasteiger partial charge in [-0.2, -0.15) is 0 Å². The fourth-order valence-corrected chi connectivity index (χ4v) is 1.01. The van der Waals surface area contributed by atoms with Gasteiger partial charge in [-0.3, -0.25) is 9.59 Å². The molecule has 1 saturated heterocycles. The number of ether oxygens (including phenoxy) is 1. The van der Waals surface area contributed by atoms with Crippen LogP contribution in [0, 0.1) is 0 Å². The molecular formula is C7H12N2O3. The van der Waals surface area contributed by atoms with Gasteiger partial charge < -0.3 is 15.0 Å². The topological polar surface area (TPSA) is 58.6 Å². The van der Waals surface area contributed by atoms with Gasteiger partial charge in [0.2, 0.25) is 11.8 Å². The van der Waals surface area contributed by atoms with Crippen LogP contribution in [0.1, 0.15) is 0 Å². The second-order valence-corrected chi connectivity index (χ2v) is 2.58. The lowest BCUT2D eigenvalue weighted by Crippen LogP contribution is -2.52. The summed E-state index contributed by atoms with van der Waals surface area (Å²) < 4.78 is 4.80. The largest absolute Gasteiger partial charge is 0.383 e. The molecule has 12 heavy (non-hydrogen) atoms. The number of amides is 2. The smallest absolute Gasteiger partial charge is 0.242 e. The molecule has 0 aromatic rings. The maximum Gasteiger partial charge on any atom is 0.242 e. The van der Waals surface area contributed by atoms with E-state index < -0.39 is 0 Å². The van der Waals surface area contributed by atoms with Crippen molar-refractivity contribution in [1.29, 1.82) is 0 Å². The third kappa shape index (κ3) is 2.20. The molecule has 0 unspecified atom stereocenters. The van der Waals surface area contributed by atoms with Gasteiger partial charge in [0.15, 0.2) is 0 Å². The van der Waals surface area contributed by atoms with Gasteiger partial charge in [-0.15, -0.1) is 0 Å². The molecular weight excluding hydrogens is 160 g/mol. The molecule has 5 heteroatoms. The summed E-state index contributed by atoms with van der Waals surface area (Å²) in [6, 6.07) is 0. The number of hydrogen-bond acceptors (Lipinski definition) is 3. The summed E-state index contributed by atoms with van der Waals surface area (Å²) in [4.78, 5) is 23.4. The Morgan fingerprint density at radius 2 is 2.33 bits per heavy atom. The summed E-state index contributed by atoms with van der Waals surface area (Å²) in [5.41, 5.74) is 0. The molecule has 1 rings (SSSR count). The first-order valence-electron chi connectivity index (χ1n) is 3.77. The number of rotatable bonds is 3. The van der Waals surface area contributed by atoms with Gasteiger partial charge in [0.05, 0.1) is 19.7 Å². The summed E-state index contributed by atoms with van der Waals surface area (Å²) in [6.07, 6.45) is 0. The molecule has 0 radical (unpaired) electrons. The van der Waals surface area contributed by atoms with Gasteiger partial charge in [-0.1, -0.05) is 0 Å². The Balaban J connectivity index is 2.38. The van der Waals surface area contributed by atoms with Crippen LogP contribution < -0.4 is 5.32 Å². The standard InChI is InChI=1S/C7H12N2O3/c1-12-3-2-9-5-6(10)8-4-7(9)11/h2-5H2,1H3,(H,8,10). The first-order valence-corrected chi connectivity index (χ1v) is 3.77. The lowest BCUT2D eigenvalue weighted by Gasteiger charge is -2.25. The van der Waals surface area contributed by atoms with Crippen molar-refractivity contribution in [2.24, 2.45) is 0 Å². The van der Waals surface area contributed by atoms with Crippen LogP contribution in [0.15, 0.2) is 0 Å². The zero-order valence-corrected chi connectivity index (χ0v) is 7.00. The van der Waals surface area contributed by atoms with Crippen molar-refractivity contribution in [2.45, 2.75) is 0 Å². The third-order valence-corrected chi connectivity index (χ3v) is 1.69. The van der Waals surface area contributed by atoms with Crippen LogP contribution in [0.3, 0.4) is 0 Å². The van der Waals surface area contributed by atoms with E-state index in [1.54, 1.807) is 7.11 Å². The predicted octanol–water partition coefficient (Wildman–Crippen LogP) is -1.41. The second-order valence-electron chi connectivity index (χ2n) is 2.58. The number of carbonyl (C=O) groups is 2. The Labute approximate surface area is 70.7 Å². The molecule has 0 spiro atoms. The van der Waals surface area contributed by atoms with Crippen LogP contribution >= 0.6 is 0 Å². The number of nitrogens with zero attached hydrogens (tertiary/aromatic N) is 1. The van der Waals surface area contributed by atoms with Crippen LogP contribution in [-0.4, -0.2) is 50.1 Å². The highest BCUT2D eigenvalue weighted by Gasteiger charge is 2.21. The van der Waals surface area contributed by atoms with E-state index in [9.17, 15) is 9.59 Å². The summed E-state index contributed by atoms with van der Waals surface area (Å²) in [5, 5.41) is 2.47. The second kappa shape index (κ2) is 4.06. The summed E-state index contributed by atoms with van der Waals surface area (Å²) in [7, 11) is 1.56. The summed E-state index contributed by atoms with van der Waals surface area (Å²) in [5.74, 6) is -0.155. The molecule has 0 aromatic carbocycles. The highest BCUT2D eigenvalue weighted by Crippen LogP contribution is 1.94. The molecule has 1 N–H and O–H groups in total. The van der Waals surface area contributed by atoms with Crippen molar-refractivity contribution >= 4 is 11.8 Å². The molecule has 1 aliphatic rings. The van der Waals surface area contributed by atoms with E-state index in [1.807, 2.05) is 0 Å². The van der Waals surface area contributed by atoms with E-state index in [4.69, 9.17) is 4.74 Å². The minimum absolute atomic E-state index is 0.0494. The molecule has 0 bridgehead atoms. The molecule has 1 fully saturated rings.